The van der Waals surface area contributed by atoms with E-state index in [-0.39, 0.29) is 0 Å². The van der Waals surface area contributed by atoms with Crippen molar-refractivity contribution in [2.45, 2.75) is 53.1 Å². The van der Waals surface area contributed by atoms with Crippen molar-refractivity contribution >= 4 is 5.69 Å². The van der Waals surface area contributed by atoms with Crippen LogP contribution in [0.15, 0.2) is 65.9 Å². The molecular formula is C25H31NO3. The molecule has 3 rings (SSSR count). The third kappa shape index (κ3) is 4.94. The fourth-order valence-corrected chi connectivity index (χ4v) is 3.34. The van der Waals surface area contributed by atoms with E-state index >= 15 is 0 Å². The van der Waals surface area contributed by atoms with Gasteiger partial charge in [0.15, 0.2) is 0 Å². The summed E-state index contributed by atoms with van der Waals surface area (Å²) in [6.07, 6.45) is 5.55. The summed E-state index contributed by atoms with van der Waals surface area (Å²) < 4.78 is 12.2. The van der Waals surface area contributed by atoms with Gasteiger partial charge >= 0.3 is 0 Å². The van der Waals surface area contributed by atoms with Gasteiger partial charge in [0.05, 0.1) is 6.61 Å². The van der Waals surface area contributed by atoms with Crippen LogP contribution in [-0.4, -0.2) is 6.61 Å². The van der Waals surface area contributed by atoms with Gasteiger partial charge in [0.25, 0.3) is 0 Å². The van der Waals surface area contributed by atoms with E-state index in [1.807, 2.05) is 45.1 Å². The van der Waals surface area contributed by atoms with Gasteiger partial charge < -0.3 is 9.47 Å². The van der Waals surface area contributed by atoms with Crippen LogP contribution in [0.25, 0.3) is 11.1 Å². The molecule has 2 aromatic rings. The van der Waals surface area contributed by atoms with Gasteiger partial charge in [0.2, 0.25) is 0 Å². The van der Waals surface area contributed by atoms with Crippen LogP contribution in [0.1, 0.15) is 53.0 Å². The second-order valence-electron chi connectivity index (χ2n) is 6.92. The predicted molar refractivity (Wildman–Crippen MR) is 121 cm³/mol. The summed E-state index contributed by atoms with van der Waals surface area (Å²) in [5, 5.41) is 3.02. The Hall–Kier alpha value is -2.88. The van der Waals surface area contributed by atoms with Crippen molar-refractivity contribution < 1.29 is 9.47 Å². The van der Waals surface area contributed by atoms with E-state index < -0.39 is 5.60 Å². The molecule has 0 fully saturated rings. The average molecular weight is 394 g/mol. The molecule has 0 aromatic heterocycles. The Balaban J connectivity index is 0.00000145. The Labute approximate surface area is 174 Å². The zero-order valence-electron chi connectivity index (χ0n) is 18.1. The molecular weight excluding hydrogens is 362 g/mol. The minimum Gasteiger partial charge on any atom is -0.493 e. The molecule has 4 heteroatoms. The minimum absolute atomic E-state index is 0.372. The van der Waals surface area contributed by atoms with E-state index in [0.717, 1.165) is 40.9 Å². The first kappa shape index (κ1) is 22.4. The number of hydrogen-bond donors (Lipinski definition) is 0. The van der Waals surface area contributed by atoms with Gasteiger partial charge in [-0.05, 0) is 55.3 Å². The van der Waals surface area contributed by atoms with Crippen LogP contribution >= 0.6 is 0 Å². The molecule has 154 valence electrons. The standard InChI is InChI=1S/C23H25NO3.C2H6/c1-5-7-16(3)12-13-26-18-9-11-19-20-10-8-17(24-25)14-22(20)27-23(4,6-2)21(19)15-18;1-2/h5,7-11,14-15H,3,6,12-13H2,1-2,4H3;1-2H3/b7-5-;. The third-order valence-corrected chi connectivity index (χ3v) is 5.03. The molecule has 1 unspecified atom stereocenters. The Morgan fingerprint density at radius 2 is 1.93 bits per heavy atom. The second kappa shape index (κ2) is 10.1. The van der Waals surface area contributed by atoms with Gasteiger partial charge in [0, 0.05) is 23.6 Å². The Bertz CT molecular complexity index is 901. The van der Waals surface area contributed by atoms with Gasteiger partial charge in [-0.2, -0.15) is 0 Å². The lowest BCUT2D eigenvalue weighted by atomic mass is 9.83. The highest BCUT2D eigenvalue weighted by atomic mass is 16.5. The highest BCUT2D eigenvalue weighted by Gasteiger charge is 2.35. The van der Waals surface area contributed by atoms with E-state index in [9.17, 15) is 4.91 Å². The summed E-state index contributed by atoms with van der Waals surface area (Å²) in [5.74, 6) is 1.51. The summed E-state index contributed by atoms with van der Waals surface area (Å²) in [4.78, 5) is 10.9. The maximum absolute atomic E-state index is 10.9. The van der Waals surface area contributed by atoms with E-state index in [2.05, 4.69) is 37.7 Å². The first-order valence-electron chi connectivity index (χ1n) is 10.3. The molecule has 0 saturated heterocycles. The van der Waals surface area contributed by atoms with Gasteiger partial charge in [-0.3, -0.25) is 0 Å². The van der Waals surface area contributed by atoms with Crippen LogP contribution in [0.3, 0.4) is 0 Å². The molecule has 1 aliphatic rings. The molecule has 29 heavy (non-hydrogen) atoms. The summed E-state index contributed by atoms with van der Waals surface area (Å²) in [6, 6.07) is 11.4. The summed E-state index contributed by atoms with van der Waals surface area (Å²) >= 11 is 0. The first-order chi connectivity index (χ1) is 14.0. The molecule has 2 aromatic carbocycles. The fourth-order valence-electron chi connectivity index (χ4n) is 3.34. The van der Waals surface area contributed by atoms with Crippen LogP contribution in [0.5, 0.6) is 11.5 Å². The largest absolute Gasteiger partial charge is 0.493 e. The lowest BCUT2D eigenvalue weighted by Crippen LogP contribution is -2.32. The normalized spacial score (nSPS) is 16.7. The second-order valence-corrected chi connectivity index (χ2v) is 6.92. The average Bonchev–Trinajstić information content (AvgIpc) is 2.75. The van der Waals surface area contributed by atoms with Gasteiger partial charge in [0.1, 0.15) is 22.8 Å². The van der Waals surface area contributed by atoms with Crippen molar-refractivity contribution in [3.63, 3.8) is 0 Å². The van der Waals surface area contributed by atoms with E-state index in [1.165, 1.54) is 0 Å². The lowest BCUT2D eigenvalue weighted by Gasteiger charge is -2.37. The molecule has 0 N–H and O–H groups in total. The van der Waals surface area contributed by atoms with E-state index in [0.29, 0.717) is 18.0 Å². The maximum Gasteiger partial charge on any atom is 0.132 e. The molecule has 0 bridgehead atoms. The third-order valence-electron chi connectivity index (χ3n) is 5.03. The van der Waals surface area contributed by atoms with Crippen molar-refractivity contribution in [1.29, 1.82) is 0 Å². The molecule has 1 atom stereocenters. The predicted octanol–water partition coefficient (Wildman–Crippen LogP) is 7.70. The SMILES string of the molecule is C=C(/C=C\C)CCOc1ccc2c(c1)C(C)(CC)Oc1cc(N=O)ccc1-2.CC. The number of nitrogens with zero attached hydrogens (tertiary/aromatic N) is 1. The van der Waals surface area contributed by atoms with Crippen molar-refractivity contribution in [2.24, 2.45) is 5.18 Å². The Kier molecular flexibility index (Phi) is 7.77. The van der Waals surface area contributed by atoms with Crippen LogP contribution in [0.2, 0.25) is 0 Å². The number of hydrogen-bond acceptors (Lipinski definition) is 4. The van der Waals surface area contributed by atoms with Gasteiger partial charge in [-0.15, -0.1) is 4.91 Å². The highest BCUT2D eigenvalue weighted by Crippen LogP contribution is 2.48. The zero-order valence-corrected chi connectivity index (χ0v) is 18.1. The van der Waals surface area contributed by atoms with Crippen molar-refractivity contribution in [2.75, 3.05) is 6.61 Å². The van der Waals surface area contributed by atoms with E-state index in [4.69, 9.17) is 9.47 Å². The van der Waals surface area contributed by atoms with Crippen LogP contribution < -0.4 is 9.47 Å². The molecule has 4 nitrogen and oxygen atoms in total. The highest BCUT2D eigenvalue weighted by molar-refractivity contribution is 5.78. The maximum atomic E-state index is 10.9. The number of fused-ring (bicyclic) bond motifs is 3. The van der Waals surface area contributed by atoms with E-state index in [1.54, 1.807) is 12.1 Å². The Morgan fingerprint density at radius 1 is 1.21 bits per heavy atom. The van der Waals surface area contributed by atoms with Gasteiger partial charge in [-0.1, -0.05) is 51.1 Å². The van der Waals surface area contributed by atoms with Crippen molar-refractivity contribution in [3.05, 3.63) is 71.2 Å². The number of ether oxygens (including phenoxy) is 2. The summed E-state index contributed by atoms with van der Waals surface area (Å²) in [5.41, 5.74) is 4.09. The first-order valence-corrected chi connectivity index (χ1v) is 10.3. The lowest BCUT2D eigenvalue weighted by molar-refractivity contribution is 0.0794. The Morgan fingerprint density at radius 3 is 2.59 bits per heavy atom. The van der Waals surface area contributed by atoms with Crippen LogP contribution in [-0.2, 0) is 5.60 Å². The zero-order chi connectivity index (χ0) is 21.4. The molecule has 0 saturated carbocycles. The van der Waals surface area contributed by atoms with Crippen molar-refractivity contribution in [3.8, 4) is 22.6 Å². The molecule has 0 amide bonds. The molecule has 0 spiro atoms. The topological polar surface area (TPSA) is 47.9 Å². The molecule has 1 aliphatic heterocycles. The monoisotopic (exact) mass is 393 g/mol. The number of benzene rings is 2. The number of rotatable bonds is 7. The molecule has 1 heterocycles. The quantitative estimate of drug-likeness (QED) is 0.358. The van der Waals surface area contributed by atoms with Crippen molar-refractivity contribution in [1.82, 2.24) is 0 Å². The summed E-state index contributed by atoms with van der Waals surface area (Å²) in [6.45, 7) is 14.7. The number of allylic oxidation sites excluding steroid dienone is 2. The number of nitroso groups, excluding NO2 is 1. The van der Waals surface area contributed by atoms with Gasteiger partial charge in [-0.25, -0.2) is 0 Å². The fraction of sp³-hybridized carbons (Fsp3) is 0.360. The smallest absolute Gasteiger partial charge is 0.132 e. The minimum atomic E-state index is -0.488. The molecule has 0 aliphatic carbocycles. The molecule has 0 radical (unpaired) electrons. The van der Waals surface area contributed by atoms with Crippen LogP contribution in [0.4, 0.5) is 5.69 Å². The van der Waals surface area contributed by atoms with Crippen LogP contribution in [0, 0.1) is 4.91 Å². The summed E-state index contributed by atoms with van der Waals surface area (Å²) in [7, 11) is 0.